The molecule has 3 aromatic rings. The van der Waals surface area contributed by atoms with Crippen LogP contribution in [0.25, 0.3) is 0 Å². The number of carbonyl (C=O) groups excluding carboxylic acids is 2. The van der Waals surface area contributed by atoms with E-state index in [1.54, 1.807) is 18.2 Å². The first-order chi connectivity index (χ1) is 21.5. The second-order valence-electron chi connectivity index (χ2n) is 11.9. The van der Waals surface area contributed by atoms with Gasteiger partial charge in [-0.15, -0.1) is 0 Å². The molecule has 8 nitrogen and oxygen atoms in total. The van der Waals surface area contributed by atoms with Crippen molar-refractivity contribution < 1.29 is 23.8 Å². The first-order valence-electron chi connectivity index (χ1n) is 14.9. The Balaban J connectivity index is 1.51. The highest BCUT2D eigenvalue weighted by Gasteiger charge is 2.42. The summed E-state index contributed by atoms with van der Waals surface area (Å²) in [5.41, 5.74) is 7.19. The van der Waals surface area contributed by atoms with Crippen molar-refractivity contribution in [3.8, 4) is 17.2 Å². The summed E-state index contributed by atoms with van der Waals surface area (Å²) in [6.45, 7) is 4.16. The maximum atomic E-state index is 13.4. The number of ketones is 1. The minimum atomic E-state index is -0.688. The maximum Gasteiger partial charge on any atom is 0.228 e. The van der Waals surface area contributed by atoms with E-state index in [0.29, 0.717) is 71.8 Å². The minimum absolute atomic E-state index is 0.00721. The van der Waals surface area contributed by atoms with Crippen LogP contribution in [0.2, 0.25) is 10.0 Å². The largest absolute Gasteiger partial charge is 0.493 e. The molecule has 3 N–H and O–H groups in total. The van der Waals surface area contributed by atoms with Gasteiger partial charge in [0.25, 0.3) is 0 Å². The second-order valence-corrected chi connectivity index (χ2v) is 12.7. The molecule has 1 saturated heterocycles. The first-order valence-corrected chi connectivity index (χ1v) is 15.6. The van der Waals surface area contributed by atoms with Crippen LogP contribution in [-0.4, -0.2) is 63.3 Å². The van der Waals surface area contributed by atoms with Crippen LogP contribution in [0.15, 0.2) is 60.7 Å². The van der Waals surface area contributed by atoms with E-state index in [2.05, 4.69) is 11.8 Å². The van der Waals surface area contributed by atoms with Crippen molar-refractivity contribution in [2.45, 2.75) is 49.9 Å². The maximum absolute atomic E-state index is 13.4. The molecule has 0 spiro atoms. The average Bonchev–Trinajstić information content (AvgIpc) is 3.04. The van der Waals surface area contributed by atoms with Gasteiger partial charge in [-0.3, -0.25) is 9.59 Å². The predicted molar refractivity (Wildman–Crippen MR) is 179 cm³/mol. The lowest BCUT2D eigenvalue weighted by molar-refractivity contribution is -0.125. The van der Waals surface area contributed by atoms with Crippen LogP contribution in [-0.2, 0) is 26.8 Å². The number of rotatable bonds is 14. The molecule has 0 aromatic heterocycles. The Hall–Kier alpha value is -3.59. The van der Waals surface area contributed by atoms with Gasteiger partial charge in [-0.1, -0.05) is 66.5 Å². The van der Waals surface area contributed by atoms with Crippen molar-refractivity contribution in [3.63, 3.8) is 0 Å². The predicted octanol–water partition coefficient (Wildman–Crippen LogP) is 6.41. The zero-order valence-electron chi connectivity index (χ0n) is 26.3. The third-order valence-corrected chi connectivity index (χ3v) is 9.84. The van der Waals surface area contributed by atoms with E-state index in [1.807, 2.05) is 42.5 Å². The molecular weight excluding hydrogens is 613 g/mol. The number of piperidine rings is 1. The highest BCUT2D eigenvalue weighted by Crippen LogP contribution is 2.40. The van der Waals surface area contributed by atoms with Gasteiger partial charge in [0.2, 0.25) is 11.7 Å². The highest BCUT2D eigenvalue weighted by atomic mass is 35.5. The van der Waals surface area contributed by atoms with E-state index >= 15 is 0 Å². The molecular formula is C35H41Cl2N3O5. The molecule has 0 bridgehead atoms. The molecule has 0 radical (unpaired) electrons. The lowest BCUT2D eigenvalue weighted by atomic mass is 9.71. The van der Waals surface area contributed by atoms with Crippen LogP contribution >= 0.6 is 23.2 Å². The SMILES string of the molecule is COc1cc(CC(=O)C(=N)CC(C)(CCN2CCC(C(N)=O)(c3ccccc3)CC2)c2ccc(Cl)c(Cl)c2)cc(OC)c1OC. The van der Waals surface area contributed by atoms with Crippen molar-refractivity contribution >= 4 is 40.6 Å². The van der Waals surface area contributed by atoms with Gasteiger partial charge in [-0.25, -0.2) is 0 Å². The number of benzene rings is 3. The molecule has 10 heteroatoms. The number of amides is 1. The number of nitrogens with two attached hydrogens (primary N) is 1. The van der Waals surface area contributed by atoms with E-state index in [-0.39, 0.29) is 30.2 Å². The summed E-state index contributed by atoms with van der Waals surface area (Å²) in [6.07, 6.45) is 2.11. The number of primary amides is 1. The molecule has 1 heterocycles. The van der Waals surface area contributed by atoms with Gasteiger partial charge in [0.1, 0.15) is 0 Å². The number of hydrogen-bond acceptors (Lipinski definition) is 7. The highest BCUT2D eigenvalue weighted by molar-refractivity contribution is 6.42. The van der Waals surface area contributed by atoms with Crippen LogP contribution in [0.4, 0.5) is 0 Å². The van der Waals surface area contributed by atoms with Crippen LogP contribution in [0, 0.1) is 5.41 Å². The number of methoxy groups -OCH3 is 3. The Labute approximate surface area is 275 Å². The van der Waals surface area contributed by atoms with E-state index in [9.17, 15) is 9.59 Å². The number of hydrogen-bond donors (Lipinski definition) is 2. The van der Waals surface area contributed by atoms with Crippen molar-refractivity contribution in [1.29, 1.82) is 5.41 Å². The Morgan fingerprint density at radius 1 is 0.933 bits per heavy atom. The van der Waals surface area contributed by atoms with Crippen molar-refractivity contribution in [2.24, 2.45) is 5.73 Å². The van der Waals surface area contributed by atoms with E-state index < -0.39 is 10.8 Å². The molecule has 4 rings (SSSR count). The lowest BCUT2D eigenvalue weighted by Crippen LogP contribution is -2.50. The molecule has 1 atom stereocenters. The Morgan fingerprint density at radius 2 is 1.56 bits per heavy atom. The molecule has 3 aromatic carbocycles. The molecule has 1 aliphatic rings. The summed E-state index contributed by atoms with van der Waals surface area (Å²) in [5.74, 6) is 0.727. The summed E-state index contributed by atoms with van der Waals surface area (Å²) >= 11 is 12.7. The van der Waals surface area contributed by atoms with E-state index in [1.165, 1.54) is 21.3 Å². The second kappa shape index (κ2) is 14.7. The van der Waals surface area contributed by atoms with Crippen LogP contribution < -0.4 is 19.9 Å². The number of halogens is 2. The van der Waals surface area contributed by atoms with Gasteiger partial charge in [-0.2, -0.15) is 0 Å². The zero-order chi connectivity index (χ0) is 32.8. The third-order valence-electron chi connectivity index (χ3n) is 9.10. The van der Waals surface area contributed by atoms with Gasteiger partial charge in [0, 0.05) is 12.8 Å². The quantitative estimate of drug-likeness (QED) is 0.194. The van der Waals surface area contributed by atoms with Crippen LogP contribution in [0.1, 0.15) is 49.3 Å². The van der Waals surface area contributed by atoms with E-state index in [0.717, 1.165) is 11.1 Å². The normalized spacial score (nSPS) is 16.0. The van der Waals surface area contributed by atoms with Gasteiger partial charge in [0.05, 0.1) is 42.5 Å². The van der Waals surface area contributed by atoms with Crippen molar-refractivity contribution in [2.75, 3.05) is 41.0 Å². The van der Waals surface area contributed by atoms with Gasteiger partial charge in [0.15, 0.2) is 17.3 Å². The molecule has 1 amide bonds. The Kier molecular flexibility index (Phi) is 11.2. The number of nitrogens with one attached hydrogen (secondary N) is 1. The lowest BCUT2D eigenvalue weighted by Gasteiger charge is -2.41. The summed E-state index contributed by atoms with van der Waals surface area (Å²) in [5, 5.41) is 9.74. The monoisotopic (exact) mass is 653 g/mol. The standard InChI is InChI=1S/C35H41Cl2N3O5/c1-34(25-10-11-26(36)27(37)21-25,12-15-40-16-13-35(14-17-40,33(39)42)24-8-6-5-7-9-24)22-28(38)29(41)18-23-19-30(43-2)32(45-4)31(20-23)44-3/h5-11,19-21,38H,12-18,22H2,1-4H3,(H2,39,42). The van der Waals surface area contributed by atoms with Gasteiger partial charge < -0.3 is 30.3 Å². The van der Waals surface area contributed by atoms with E-state index in [4.69, 9.17) is 48.6 Å². The molecule has 45 heavy (non-hydrogen) atoms. The fraction of sp³-hybridized carbons (Fsp3) is 0.400. The fourth-order valence-corrected chi connectivity index (χ4v) is 6.52. The third kappa shape index (κ3) is 7.63. The zero-order valence-corrected chi connectivity index (χ0v) is 27.8. The van der Waals surface area contributed by atoms with Crippen LogP contribution in [0.3, 0.4) is 0 Å². The first kappa shape index (κ1) is 34.3. The van der Waals surface area contributed by atoms with Crippen molar-refractivity contribution in [1.82, 2.24) is 4.90 Å². The Bertz CT molecular complexity index is 1510. The average molecular weight is 655 g/mol. The number of nitrogens with zero attached hydrogens (tertiary/aromatic N) is 1. The smallest absolute Gasteiger partial charge is 0.228 e. The molecule has 0 aliphatic carbocycles. The summed E-state index contributed by atoms with van der Waals surface area (Å²) in [7, 11) is 4.56. The summed E-state index contributed by atoms with van der Waals surface area (Å²) in [4.78, 5) is 28.4. The summed E-state index contributed by atoms with van der Waals surface area (Å²) in [6, 6.07) is 18.7. The van der Waals surface area contributed by atoms with Gasteiger partial charge in [-0.05, 0) is 85.3 Å². The molecule has 240 valence electrons. The summed E-state index contributed by atoms with van der Waals surface area (Å²) < 4.78 is 16.3. The molecule has 1 aliphatic heterocycles. The number of ether oxygens (including phenoxy) is 3. The van der Waals surface area contributed by atoms with Gasteiger partial charge >= 0.3 is 0 Å². The van der Waals surface area contributed by atoms with Crippen LogP contribution in [0.5, 0.6) is 17.2 Å². The minimum Gasteiger partial charge on any atom is -0.493 e. The fourth-order valence-electron chi connectivity index (χ4n) is 6.22. The number of likely N-dealkylation sites (tertiary alicyclic amines) is 1. The number of carbonyl (C=O) groups is 2. The number of Topliss-reactive ketones (excluding diaryl/α,β-unsaturated/α-hetero) is 1. The topological polar surface area (TPSA) is 115 Å². The molecule has 1 unspecified atom stereocenters. The molecule has 1 fully saturated rings. The Morgan fingerprint density at radius 3 is 2.09 bits per heavy atom. The molecule has 0 saturated carbocycles. The van der Waals surface area contributed by atoms with Crippen molar-refractivity contribution in [3.05, 3.63) is 87.4 Å².